The van der Waals surface area contributed by atoms with Crippen molar-refractivity contribution in [3.8, 4) is 5.69 Å². The van der Waals surface area contributed by atoms with Gasteiger partial charge >= 0.3 is 12.0 Å². The number of carbonyl (C=O) groups is 3. The van der Waals surface area contributed by atoms with Gasteiger partial charge in [0.1, 0.15) is 0 Å². The van der Waals surface area contributed by atoms with Crippen LogP contribution in [0, 0.1) is 13.8 Å². The second-order valence-corrected chi connectivity index (χ2v) is 7.93. The molecule has 0 bridgehead atoms. The van der Waals surface area contributed by atoms with Crippen LogP contribution in [0.1, 0.15) is 37.7 Å². The Morgan fingerprint density at radius 3 is 2.29 bits per heavy atom. The Morgan fingerprint density at radius 1 is 1.03 bits per heavy atom. The molecule has 2 amide bonds. The van der Waals surface area contributed by atoms with E-state index in [0.717, 1.165) is 27.1 Å². The van der Waals surface area contributed by atoms with Gasteiger partial charge in [-0.1, -0.05) is 28.1 Å². The van der Waals surface area contributed by atoms with E-state index in [0.29, 0.717) is 11.1 Å². The third-order valence-corrected chi connectivity index (χ3v) is 5.34. The van der Waals surface area contributed by atoms with Gasteiger partial charge < -0.3 is 20.4 Å². The summed E-state index contributed by atoms with van der Waals surface area (Å²) in [4.78, 5) is 35.8. The van der Waals surface area contributed by atoms with Crippen LogP contribution < -0.4 is 11.1 Å². The molecular weight excluding hydrogens is 462 g/mol. The number of primary amides is 1. The van der Waals surface area contributed by atoms with Crippen LogP contribution in [0.2, 0.25) is 0 Å². The number of carbonyl (C=O) groups excluding carboxylic acids is 3. The maximum absolute atomic E-state index is 12.7. The summed E-state index contributed by atoms with van der Waals surface area (Å²) in [5.41, 5.74) is 9.29. The van der Waals surface area contributed by atoms with Crippen molar-refractivity contribution in [1.29, 1.82) is 0 Å². The summed E-state index contributed by atoms with van der Waals surface area (Å²) in [5.74, 6) is -0.864. The zero-order valence-corrected chi connectivity index (χ0v) is 18.7. The number of nitrogens with two attached hydrogens (primary N) is 1. The van der Waals surface area contributed by atoms with Crippen LogP contribution in [-0.2, 0) is 11.3 Å². The largest absolute Gasteiger partial charge is 0.454 e. The number of nitrogens with one attached hydrogen (secondary N) is 1. The number of halogens is 1. The van der Waals surface area contributed by atoms with Crippen molar-refractivity contribution in [2.45, 2.75) is 20.4 Å². The molecule has 0 aliphatic rings. The molecule has 0 aliphatic heterocycles. The molecule has 1 heterocycles. The number of nitrogens with zero attached hydrogens (tertiary/aromatic N) is 1. The molecule has 0 spiro atoms. The van der Waals surface area contributed by atoms with Crippen LogP contribution in [-0.4, -0.2) is 29.0 Å². The Kier molecular flexibility index (Phi) is 6.91. The smallest absolute Gasteiger partial charge is 0.338 e. The molecule has 3 aromatic rings. The van der Waals surface area contributed by atoms with Gasteiger partial charge in [0, 0.05) is 33.7 Å². The normalized spacial score (nSPS) is 10.5. The van der Waals surface area contributed by atoms with E-state index in [4.69, 9.17) is 10.5 Å². The van der Waals surface area contributed by atoms with Crippen molar-refractivity contribution >= 4 is 33.7 Å². The minimum Gasteiger partial charge on any atom is -0.454 e. The van der Waals surface area contributed by atoms with Crippen LogP contribution in [0.15, 0.2) is 59.1 Å². The summed E-state index contributed by atoms with van der Waals surface area (Å²) in [6, 6.07) is 15.5. The Balaban J connectivity index is 1.65. The highest BCUT2D eigenvalue weighted by molar-refractivity contribution is 9.10. The first-order chi connectivity index (χ1) is 14.8. The van der Waals surface area contributed by atoms with E-state index in [2.05, 4.69) is 21.2 Å². The quantitative estimate of drug-likeness (QED) is 0.390. The van der Waals surface area contributed by atoms with E-state index in [-0.39, 0.29) is 18.9 Å². The van der Waals surface area contributed by atoms with E-state index in [1.807, 2.05) is 42.7 Å². The van der Waals surface area contributed by atoms with Crippen LogP contribution in [0.5, 0.6) is 0 Å². The van der Waals surface area contributed by atoms with Gasteiger partial charge in [-0.25, -0.2) is 9.59 Å². The standard InChI is InChI=1S/C23H22BrN3O4/c1-14-11-20(15(2)27(14)19-9-7-18(24)8-10-19)21(28)13-31-22(29)17-5-3-16(4-6-17)12-26-23(25)30/h3-11H,12-13H2,1-2H3,(H3,25,26,30). The van der Waals surface area contributed by atoms with Gasteiger partial charge in [-0.3, -0.25) is 4.79 Å². The van der Waals surface area contributed by atoms with Crippen molar-refractivity contribution in [3.63, 3.8) is 0 Å². The molecule has 0 unspecified atom stereocenters. The minimum absolute atomic E-state index is 0.261. The lowest BCUT2D eigenvalue weighted by molar-refractivity contribution is 0.0474. The second-order valence-electron chi connectivity index (χ2n) is 7.01. The van der Waals surface area contributed by atoms with Crippen LogP contribution in [0.4, 0.5) is 4.79 Å². The number of hydrogen-bond acceptors (Lipinski definition) is 4. The van der Waals surface area contributed by atoms with Crippen LogP contribution >= 0.6 is 15.9 Å². The molecule has 160 valence electrons. The number of Topliss-reactive ketones (excluding diaryl/α,β-unsaturated/α-hetero) is 1. The number of ketones is 1. The number of hydrogen-bond donors (Lipinski definition) is 2. The van der Waals surface area contributed by atoms with Gasteiger partial charge in [0.2, 0.25) is 5.78 Å². The van der Waals surface area contributed by atoms with Crippen LogP contribution in [0.25, 0.3) is 5.69 Å². The zero-order chi connectivity index (χ0) is 22.5. The van der Waals surface area contributed by atoms with Gasteiger partial charge in [-0.2, -0.15) is 0 Å². The molecule has 0 aliphatic carbocycles. The molecule has 8 heteroatoms. The fraction of sp³-hybridized carbons (Fsp3) is 0.174. The first kappa shape index (κ1) is 22.3. The fourth-order valence-electron chi connectivity index (χ4n) is 3.27. The van der Waals surface area contributed by atoms with E-state index in [1.54, 1.807) is 30.3 Å². The molecule has 0 radical (unpaired) electrons. The van der Waals surface area contributed by atoms with Crippen molar-refractivity contribution in [2.75, 3.05) is 6.61 Å². The molecule has 0 saturated carbocycles. The molecule has 2 aromatic carbocycles. The average molecular weight is 484 g/mol. The number of aromatic nitrogens is 1. The molecule has 31 heavy (non-hydrogen) atoms. The first-order valence-corrected chi connectivity index (χ1v) is 10.3. The van der Waals surface area contributed by atoms with Gasteiger partial charge in [0.15, 0.2) is 6.61 Å². The number of rotatable bonds is 7. The Bertz CT molecular complexity index is 1120. The predicted molar refractivity (Wildman–Crippen MR) is 120 cm³/mol. The molecular formula is C23H22BrN3O4. The lowest BCUT2D eigenvalue weighted by Crippen LogP contribution is -2.28. The van der Waals surface area contributed by atoms with Crippen LogP contribution in [0.3, 0.4) is 0 Å². The summed E-state index contributed by atoms with van der Waals surface area (Å²) >= 11 is 3.42. The third-order valence-electron chi connectivity index (χ3n) is 4.81. The minimum atomic E-state index is -0.624. The van der Waals surface area contributed by atoms with Gasteiger partial charge in [0.25, 0.3) is 0 Å². The summed E-state index contributed by atoms with van der Waals surface area (Å²) in [6.45, 7) is 3.70. The number of esters is 1. The Labute approximate surface area is 188 Å². The highest BCUT2D eigenvalue weighted by atomic mass is 79.9. The highest BCUT2D eigenvalue weighted by Crippen LogP contribution is 2.23. The Hall–Kier alpha value is -3.39. The predicted octanol–water partition coefficient (Wildman–Crippen LogP) is 4.06. The molecule has 0 saturated heterocycles. The first-order valence-electron chi connectivity index (χ1n) is 9.53. The van der Waals surface area contributed by atoms with Gasteiger partial charge in [0.05, 0.1) is 5.56 Å². The summed E-state index contributed by atoms with van der Waals surface area (Å²) in [5, 5.41) is 2.47. The third kappa shape index (κ3) is 5.40. The molecule has 3 rings (SSSR count). The molecule has 1 aromatic heterocycles. The van der Waals surface area contributed by atoms with E-state index >= 15 is 0 Å². The van der Waals surface area contributed by atoms with Crippen molar-refractivity contribution in [2.24, 2.45) is 5.73 Å². The van der Waals surface area contributed by atoms with Crippen molar-refractivity contribution in [1.82, 2.24) is 9.88 Å². The molecule has 0 fully saturated rings. The lowest BCUT2D eigenvalue weighted by atomic mass is 10.1. The SMILES string of the molecule is Cc1cc(C(=O)COC(=O)c2ccc(CNC(N)=O)cc2)c(C)n1-c1ccc(Br)cc1. The molecule has 7 nitrogen and oxygen atoms in total. The monoisotopic (exact) mass is 483 g/mol. The zero-order valence-electron chi connectivity index (χ0n) is 17.1. The summed E-state index contributed by atoms with van der Waals surface area (Å²) in [7, 11) is 0. The second kappa shape index (κ2) is 9.61. The Morgan fingerprint density at radius 2 is 1.68 bits per heavy atom. The molecule has 3 N–H and O–H groups in total. The van der Waals surface area contributed by atoms with Gasteiger partial charge in [-0.15, -0.1) is 0 Å². The maximum Gasteiger partial charge on any atom is 0.338 e. The fourth-order valence-corrected chi connectivity index (χ4v) is 3.54. The number of aryl methyl sites for hydroxylation is 1. The summed E-state index contributed by atoms with van der Waals surface area (Å²) in [6.07, 6.45) is 0. The van der Waals surface area contributed by atoms with Crippen molar-refractivity contribution < 1.29 is 19.1 Å². The van der Waals surface area contributed by atoms with E-state index < -0.39 is 12.0 Å². The van der Waals surface area contributed by atoms with E-state index in [1.165, 1.54) is 0 Å². The molecule has 0 atom stereocenters. The summed E-state index contributed by atoms with van der Waals surface area (Å²) < 4.78 is 8.17. The van der Waals surface area contributed by atoms with E-state index in [9.17, 15) is 14.4 Å². The van der Waals surface area contributed by atoms with Gasteiger partial charge in [-0.05, 0) is 61.9 Å². The lowest BCUT2D eigenvalue weighted by Gasteiger charge is -2.10. The highest BCUT2D eigenvalue weighted by Gasteiger charge is 2.18. The van der Waals surface area contributed by atoms with Crippen molar-refractivity contribution in [3.05, 3.63) is 87.1 Å². The maximum atomic E-state index is 12.7. The number of benzene rings is 2. The number of ether oxygens (including phenoxy) is 1. The number of amides is 2. The average Bonchev–Trinajstić information content (AvgIpc) is 3.05. The number of urea groups is 1. The topological polar surface area (TPSA) is 103 Å².